The monoisotopic (exact) mass is 272 g/mol. The normalized spacial score (nSPS) is 14.6. The summed E-state index contributed by atoms with van der Waals surface area (Å²) in [5, 5.41) is 8.57. The molecule has 1 aliphatic rings. The minimum absolute atomic E-state index is 0. The molecular formula is C15H32N2O2. The van der Waals surface area contributed by atoms with E-state index in [1.807, 2.05) is 0 Å². The van der Waals surface area contributed by atoms with Crippen molar-refractivity contribution in [2.75, 3.05) is 32.8 Å². The van der Waals surface area contributed by atoms with E-state index in [2.05, 4.69) is 16.8 Å². The Labute approximate surface area is 118 Å². The zero-order chi connectivity index (χ0) is 13.5. The smallest absolute Gasteiger partial charge is 0.234 e. The second-order valence-electron chi connectivity index (χ2n) is 4.66. The molecule has 1 N–H and O–H groups in total. The highest BCUT2D eigenvalue weighted by atomic mass is 16.3. The van der Waals surface area contributed by atoms with Gasteiger partial charge in [-0.1, -0.05) is 33.6 Å². The molecular weight excluding hydrogens is 240 g/mol. The topological polar surface area (TPSA) is 52.9 Å². The molecule has 19 heavy (non-hydrogen) atoms. The number of carbonyl (C=O) groups excluding carboxylic acids is 1. The molecule has 1 rings (SSSR count). The summed E-state index contributed by atoms with van der Waals surface area (Å²) in [6, 6.07) is 0. The van der Waals surface area contributed by atoms with E-state index >= 15 is 0 Å². The molecule has 1 aliphatic heterocycles. The van der Waals surface area contributed by atoms with E-state index in [-0.39, 0.29) is 7.43 Å². The molecule has 4 nitrogen and oxygen atoms in total. The molecule has 0 unspecified atom stereocenters. The SMILES string of the molecule is C.CCCCCN=C=O.OCCCN1CCCCC1. The third-order valence-electron chi connectivity index (χ3n) is 3.02. The van der Waals surface area contributed by atoms with Crippen molar-refractivity contribution in [2.24, 2.45) is 4.99 Å². The molecule has 0 atom stereocenters. The maximum absolute atomic E-state index is 9.48. The lowest BCUT2D eigenvalue weighted by Crippen LogP contribution is -2.30. The number of piperidine rings is 1. The molecule has 0 bridgehead atoms. The Morgan fingerprint density at radius 1 is 1.16 bits per heavy atom. The lowest BCUT2D eigenvalue weighted by Gasteiger charge is -2.25. The van der Waals surface area contributed by atoms with Crippen LogP contribution in [-0.2, 0) is 4.79 Å². The van der Waals surface area contributed by atoms with E-state index < -0.39 is 0 Å². The van der Waals surface area contributed by atoms with Crippen molar-refractivity contribution in [3.8, 4) is 0 Å². The van der Waals surface area contributed by atoms with Crippen LogP contribution in [0.15, 0.2) is 4.99 Å². The lowest BCUT2D eigenvalue weighted by atomic mass is 10.1. The fourth-order valence-corrected chi connectivity index (χ4v) is 1.96. The van der Waals surface area contributed by atoms with Gasteiger partial charge in [-0.15, -0.1) is 0 Å². The summed E-state index contributed by atoms with van der Waals surface area (Å²) in [7, 11) is 0. The first-order chi connectivity index (χ1) is 8.85. The molecule has 0 aromatic heterocycles. The van der Waals surface area contributed by atoms with E-state index in [9.17, 15) is 4.79 Å². The number of hydrogen-bond acceptors (Lipinski definition) is 4. The van der Waals surface area contributed by atoms with Crippen molar-refractivity contribution < 1.29 is 9.90 Å². The zero-order valence-corrected chi connectivity index (χ0v) is 11.7. The fourth-order valence-electron chi connectivity index (χ4n) is 1.96. The van der Waals surface area contributed by atoms with Gasteiger partial charge in [0.25, 0.3) is 0 Å². The van der Waals surface area contributed by atoms with Crippen molar-refractivity contribution in [2.45, 2.75) is 59.3 Å². The summed E-state index contributed by atoms with van der Waals surface area (Å²) >= 11 is 0. The molecule has 1 fully saturated rings. The third kappa shape index (κ3) is 15.2. The van der Waals surface area contributed by atoms with Crippen molar-refractivity contribution in [1.29, 1.82) is 0 Å². The van der Waals surface area contributed by atoms with Gasteiger partial charge < -0.3 is 10.0 Å². The highest BCUT2D eigenvalue weighted by molar-refractivity contribution is 5.32. The van der Waals surface area contributed by atoms with Crippen molar-refractivity contribution >= 4 is 6.08 Å². The molecule has 0 aliphatic carbocycles. The summed E-state index contributed by atoms with van der Waals surface area (Å²) in [4.78, 5) is 15.3. The quantitative estimate of drug-likeness (QED) is 0.440. The van der Waals surface area contributed by atoms with Crippen LogP contribution in [0, 0.1) is 0 Å². The van der Waals surface area contributed by atoms with Crippen LogP contribution < -0.4 is 0 Å². The first kappa shape index (κ1) is 20.6. The van der Waals surface area contributed by atoms with Crippen LogP contribution in [-0.4, -0.2) is 48.9 Å². The fraction of sp³-hybridized carbons (Fsp3) is 0.933. The predicted molar refractivity (Wildman–Crippen MR) is 81.2 cm³/mol. The van der Waals surface area contributed by atoms with Gasteiger partial charge in [-0.25, -0.2) is 9.79 Å². The molecule has 114 valence electrons. The summed E-state index contributed by atoms with van der Waals surface area (Å²) < 4.78 is 0. The van der Waals surface area contributed by atoms with Gasteiger partial charge in [0.05, 0.1) is 6.54 Å². The van der Waals surface area contributed by atoms with Crippen LogP contribution in [0.25, 0.3) is 0 Å². The van der Waals surface area contributed by atoms with Crippen molar-refractivity contribution in [1.82, 2.24) is 4.90 Å². The van der Waals surface area contributed by atoms with Crippen LogP contribution in [0.4, 0.5) is 0 Å². The largest absolute Gasteiger partial charge is 0.396 e. The Morgan fingerprint density at radius 2 is 1.84 bits per heavy atom. The molecule has 1 heterocycles. The van der Waals surface area contributed by atoms with Crippen LogP contribution >= 0.6 is 0 Å². The second-order valence-corrected chi connectivity index (χ2v) is 4.66. The Hall–Kier alpha value is -0.700. The predicted octanol–water partition coefficient (Wildman–Crippen LogP) is 3.00. The van der Waals surface area contributed by atoms with Crippen LogP contribution in [0.3, 0.4) is 0 Å². The number of likely N-dealkylation sites (tertiary alicyclic amines) is 1. The molecule has 0 spiro atoms. The summed E-state index contributed by atoms with van der Waals surface area (Å²) in [6.45, 7) is 6.70. The molecule has 0 aromatic rings. The molecule has 0 aromatic carbocycles. The number of aliphatic imine (C=N–C) groups is 1. The summed E-state index contributed by atoms with van der Waals surface area (Å²) in [6.07, 6.45) is 9.90. The number of nitrogens with zero attached hydrogens (tertiary/aromatic N) is 2. The molecule has 0 amide bonds. The highest BCUT2D eigenvalue weighted by Crippen LogP contribution is 2.08. The molecule has 0 radical (unpaired) electrons. The van der Waals surface area contributed by atoms with Gasteiger partial charge in [0.1, 0.15) is 0 Å². The van der Waals surface area contributed by atoms with Crippen LogP contribution in [0.1, 0.15) is 59.3 Å². The Morgan fingerprint density at radius 3 is 2.37 bits per heavy atom. The number of unbranched alkanes of at least 4 members (excludes halogenated alkanes) is 2. The van der Waals surface area contributed by atoms with E-state index in [0.29, 0.717) is 13.2 Å². The van der Waals surface area contributed by atoms with E-state index in [0.717, 1.165) is 25.8 Å². The Balaban J connectivity index is 0. The zero-order valence-electron chi connectivity index (χ0n) is 11.7. The molecule has 0 saturated carbocycles. The van der Waals surface area contributed by atoms with Gasteiger partial charge >= 0.3 is 0 Å². The average Bonchev–Trinajstić information content (AvgIpc) is 2.43. The van der Waals surface area contributed by atoms with E-state index in [1.54, 1.807) is 0 Å². The number of aliphatic hydroxyl groups excluding tert-OH is 1. The number of isocyanates is 1. The molecule has 4 heteroatoms. The van der Waals surface area contributed by atoms with E-state index in [4.69, 9.17) is 5.11 Å². The minimum Gasteiger partial charge on any atom is -0.396 e. The Bertz CT molecular complexity index is 210. The number of aliphatic hydroxyl groups is 1. The van der Waals surface area contributed by atoms with Gasteiger partial charge in [-0.3, -0.25) is 0 Å². The highest BCUT2D eigenvalue weighted by Gasteiger charge is 2.07. The number of rotatable bonds is 7. The van der Waals surface area contributed by atoms with Gasteiger partial charge in [-0.05, 0) is 38.8 Å². The Kier molecular flexibility index (Phi) is 18.8. The first-order valence-electron chi connectivity index (χ1n) is 7.22. The van der Waals surface area contributed by atoms with Gasteiger partial charge in [0.2, 0.25) is 6.08 Å². The maximum Gasteiger partial charge on any atom is 0.234 e. The van der Waals surface area contributed by atoms with Gasteiger partial charge in [-0.2, -0.15) is 0 Å². The average molecular weight is 272 g/mol. The molecule has 1 saturated heterocycles. The maximum atomic E-state index is 9.48. The van der Waals surface area contributed by atoms with Crippen LogP contribution in [0.5, 0.6) is 0 Å². The minimum atomic E-state index is 0. The van der Waals surface area contributed by atoms with Gasteiger partial charge in [0, 0.05) is 13.2 Å². The number of hydrogen-bond donors (Lipinski definition) is 1. The third-order valence-corrected chi connectivity index (χ3v) is 3.02. The summed E-state index contributed by atoms with van der Waals surface area (Å²) in [5.74, 6) is 0. The van der Waals surface area contributed by atoms with Crippen molar-refractivity contribution in [3.63, 3.8) is 0 Å². The lowest BCUT2D eigenvalue weighted by molar-refractivity contribution is 0.198. The summed E-state index contributed by atoms with van der Waals surface area (Å²) in [5.41, 5.74) is 0. The first-order valence-corrected chi connectivity index (χ1v) is 7.22. The standard InChI is InChI=1S/C8H17NO.C6H11NO.CH4/c10-8-4-7-9-5-2-1-3-6-9;1-2-3-4-5-7-6-8;/h10H,1-8H2;2-5H2,1H3;1H4. The van der Waals surface area contributed by atoms with Crippen LogP contribution in [0.2, 0.25) is 0 Å². The van der Waals surface area contributed by atoms with Crippen molar-refractivity contribution in [3.05, 3.63) is 0 Å². The van der Waals surface area contributed by atoms with Gasteiger partial charge in [0.15, 0.2) is 0 Å². The second kappa shape index (κ2) is 17.3. The van der Waals surface area contributed by atoms with E-state index in [1.165, 1.54) is 44.9 Å².